The highest BCUT2D eigenvalue weighted by molar-refractivity contribution is 9.10. The van der Waals surface area contributed by atoms with Crippen LogP contribution in [0.1, 0.15) is 22.8 Å². The van der Waals surface area contributed by atoms with Gasteiger partial charge in [-0.25, -0.2) is 12.8 Å². The summed E-state index contributed by atoms with van der Waals surface area (Å²) in [7, 11) is -4.72. The summed E-state index contributed by atoms with van der Waals surface area (Å²) in [4.78, 5) is 13.4. The highest BCUT2D eigenvalue weighted by Gasteiger charge is 2.27. The highest BCUT2D eigenvalue weighted by atomic mass is 79.9. The van der Waals surface area contributed by atoms with Gasteiger partial charge in [0.2, 0.25) is 9.84 Å². The van der Waals surface area contributed by atoms with E-state index in [1.165, 1.54) is 11.0 Å². The first-order valence-electron chi connectivity index (χ1n) is 7.52. The van der Waals surface area contributed by atoms with Crippen LogP contribution in [-0.2, 0) is 16.4 Å². The van der Waals surface area contributed by atoms with Crippen molar-refractivity contribution in [3.05, 3.63) is 63.9 Å². The third-order valence-corrected chi connectivity index (χ3v) is 5.59. The summed E-state index contributed by atoms with van der Waals surface area (Å²) in [5, 5.41) is 0. The number of alkyl halides is 2. The summed E-state index contributed by atoms with van der Waals surface area (Å²) < 4.78 is 62.5. The van der Waals surface area contributed by atoms with Crippen molar-refractivity contribution in [3.8, 4) is 0 Å². The minimum Gasteiger partial charge on any atom is -0.334 e. The lowest BCUT2D eigenvalue weighted by Gasteiger charge is -2.21. The molecular formula is C17H15BrF3NO3S. The predicted octanol–water partition coefficient (Wildman–Crippen LogP) is 4.25. The summed E-state index contributed by atoms with van der Waals surface area (Å²) >= 11 is 3.24. The molecule has 0 atom stereocenters. The Bertz CT molecular complexity index is 902. The average molecular weight is 450 g/mol. The van der Waals surface area contributed by atoms with Crippen LogP contribution in [0.5, 0.6) is 0 Å². The fourth-order valence-electron chi connectivity index (χ4n) is 2.27. The van der Waals surface area contributed by atoms with Crippen LogP contribution >= 0.6 is 15.9 Å². The van der Waals surface area contributed by atoms with Crippen molar-refractivity contribution in [2.75, 3.05) is 6.54 Å². The van der Waals surface area contributed by atoms with Gasteiger partial charge in [0.1, 0.15) is 5.82 Å². The number of sulfone groups is 1. The fourth-order valence-corrected chi connectivity index (χ4v) is 3.40. The number of halogens is 4. The molecule has 2 rings (SSSR count). The number of carbonyl (C=O) groups excluding carboxylic acids is 1. The van der Waals surface area contributed by atoms with E-state index in [2.05, 4.69) is 15.9 Å². The number of carbonyl (C=O) groups is 1. The standard InChI is InChI=1S/C17H15BrF3NO3S/c1-2-22(10-12-9-13(18)5-8-15(12)19)16(23)11-3-6-14(7-4-11)26(24,25)17(20)21/h3-9,17H,2,10H2,1H3. The van der Waals surface area contributed by atoms with Crippen molar-refractivity contribution < 1.29 is 26.4 Å². The molecule has 26 heavy (non-hydrogen) atoms. The third-order valence-electron chi connectivity index (χ3n) is 3.70. The van der Waals surface area contributed by atoms with E-state index in [-0.39, 0.29) is 18.7 Å². The molecular weight excluding hydrogens is 435 g/mol. The molecule has 0 N–H and O–H groups in total. The molecule has 0 aromatic heterocycles. The van der Waals surface area contributed by atoms with Crippen LogP contribution in [0.15, 0.2) is 51.8 Å². The first kappa shape index (κ1) is 20.4. The van der Waals surface area contributed by atoms with Gasteiger partial charge in [0, 0.05) is 28.7 Å². The highest BCUT2D eigenvalue weighted by Crippen LogP contribution is 2.21. The maximum atomic E-state index is 13.9. The Labute approximate surface area is 157 Å². The molecule has 1 amide bonds. The molecule has 2 aromatic carbocycles. The summed E-state index contributed by atoms with van der Waals surface area (Å²) in [5.41, 5.74) is 0.432. The largest absolute Gasteiger partial charge is 0.341 e. The van der Waals surface area contributed by atoms with E-state index in [9.17, 15) is 26.4 Å². The van der Waals surface area contributed by atoms with Gasteiger partial charge in [-0.05, 0) is 49.4 Å². The molecule has 0 bridgehead atoms. The Morgan fingerprint density at radius 2 is 1.77 bits per heavy atom. The maximum Gasteiger partial charge on any atom is 0.341 e. The molecule has 2 aromatic rings. The molecule has 0 aliphatic heterocycles. The summed E-state index contributed by atoms with van der Waals surface area (Å²) in [5.74, 6) is -4.46. The molecule has 4 nitrogen and oxygen atoms in total. The van der Waals surface area contributed by atoms with Gasteiger partial charge in [-0.3, -0.25) is 4.79 Å². The minimum atomic E-state index is -4.72. The van der Waals surface area contributed by atoms with Crippen molar-refractivity contribution in [3.63, 3.8) is 0 Å². The van der Waals surface area contributed by atoms with Crippen LogP contribution in [-0.4, -0.2) is 31.5 Å². The summed E-state index contributed by atoms with van der Waals surface area (Å²) in [6, 6.07) is 8.63. The van der Waals surface area contributed by atoms with Crippen LogP contribution < -0.4 is 0 Å². The molecule has 0 unspecified atom stereocenters. The normalized spacial score (nSPS) is 11.6. The first-order valence-corrected chi connectivity index (χ1v) is 9.86. The van der Waals surface area contributed by atoms with E-state index in [0.717, 1.165) is 24.3 Å². The zero-order chi connectivity index (χ0) is 19.5. The molecule has 0 saturated carbocycles. The fraction of sp³-hybridized carbons (Fsp3) is 0.235. The Morgan fingerprint density at radius 1 is 1.15 bits per heavy atom. The van der Waals surface area contributed by atoms with Crippen LogP contribution in [0.3, 0.4) is 0 Å². The lowest BCUT2D eigenvalue weighted by molar-refractivity contribution is 0.0751. The Balaban J connectivity index is 2.24. The van der Waals surface area contributed by atoms with Crippen molar-refractivity contribution in [1.82, 2.24) is 4.90 Å². The molecule has 0 fully saturated rings. The lowest BCUT2D eigenvalue weighted by Crippen LogP contribution is -2.30. The SMILES string of the molecule is CCN(Cc1cc(Br)ccc1F)C(=O)c1ccc(S(=O)(=O)C(F)F)cc1. The maximum absolute atomic E-state index is 13.9. The number of hydrogen-bond acceptors (Lipinski definition) is 3. The number of hydrogen-bond donors (Lipinski definition) is 0. The van der Waals surface area contributed by atoms with Crippen molar-refractivity contribution in [2.24, 2.45) is 0 Å². The van der Waals surface area contributed by atoms with Gasteiger partial charge in [-0.1, -0.05) is 15.9 Å². The smallest absolute Gasteiger partial charge is 0.334 e. The molecule has 0 saturated heterocycles. The molecule has 140 valence electrons. The van der Waals surface area contributed by atoms with Crippen molar-refractivity contribution >= 4 is 31.7 Å². The minimum absolute atomic E-state index is 0.0116. The van der Waals surface area contributed by atoms with Gasteiger partial charge in [0.25, 0.3) is 5.91 Å². The van der Waals surface area contributed by atoms with Crippen molar-refractivity contribution in [2.45, 2.75) is 24.1 Å². The Morgan fingerprint density at radius 3 is 2.31 bits per heavy atom. The van der Waals surface area contributed by atoms with Gasteiger partial charge in [-0.2, -0.15) is 8.78 Å². The number of rotatable bonds is 6. The van der Waals surface area contributed by atoms with Crippen molar-refractivity contribution in [1.29, 1.82) is 0 Å². The third kappa shape index (κ3) is 4.45. The van der Waals surface area contributed by atoms with Crippen LogP contribution in [0.4, 0.5) is 13.2 Å². The first-order chi connectivity index (χ1) is 12.2. The quantitative estimate of drug-likeness (QED) is 0.662. The van der Waals surface area contributed by atoms with Gasteiger partial charge < -0.3 is 4.90 Å². The molecule has 9 heteroatoms. The van der Waals surface area contributed by atoms with Gasteiger partial charge in [0.15, 0.2) is 0 Å². The molecule has 0 radical (unpaired) electrons. The average Bonchev–Trinajstić information content (AvgIpc) is 2.61. The second-order valence-corrected chi connectivity index (χ2v) is 8.22. The van der Waals surface area contributed by atoms with Gasteiger partial charge in [-0.15, -0.1) is 0 Å². The monoisotopic (exact) mass is 449 g/mol. The van der Waals surface area contributed by atoms with E-state index in [0.29, 0.717) is 10.0 Å². The zero-order valence-electron chi connectivity index (χ0n) is 13.6. The molecule has 0 spiro atoms. The van der Waals surface area contributed by atoms with Gasteiger partial charge in [0.05, 0.1) is 4.90 Å². The molecule has 0 heterocycles. The molecule has 0 aliphatic carbocycles. The molecule has 0 aliphatic rings. The van der Waals surface area contributed by atoms with E-state index in [1.54, 1.807) is 19.1 Å². The van der Waals surface area contributed by atoms with Crippen LogP contribution in [0.2, 0.25) is 0 Å². The van der Waals surface area contributed by atoms with E-state index < -0.39 is 32.2 Å². The van der Waals surface area contributed by atoms with E-state index in [1.807, 2.05) is 0 Å². The summed E-state index contributed by atoms with van der Waals surface area (Å²) in [6.45, 7) is 2.00. The van der Waals surface area contributed by atoms with E-state index in [4.69, 9.17) is 0 Å². The summed E-state index contributed by atoms with van der Waals surface area (Å²) in [6.07, 6.45) is 0. The predicted molar refractivity (Wildman–Crippen MR) is 94.1 cm³/mol. The van der Waals surface area contributed by atoms with Gasteiger partial charge >= 0.3 is 5.76 Å². The zero-order valence-corrected chi connectivity index (χ0v) is 16.0. The Kier molecular flexibility index (Phi) is 6.46. The Hall–Kier alpha value is -1.87. The van der Waals surface area contributed by atoms with Crippen LogP contribution in [0, 0.1) is 5.82 Å². The second kappa shape index (κ2) is 8.22. The number of nitrogens with zero attached hydrogens (tertiary/aromatic N) is 1. The lowest BCUT2D eigenvalue weighted by atomic mass is 10.1. The number of benzene rings is 2. The van der Waals surface area contributed by atoms with Crippen LogP contribution in [0.25, 0.3) is 0 Å². The second-order valence-electron chi connectivity index (χ2n) is 5.39. The van der Waals surface area contributed by atoms with E-state index >= 15 is 0 Å². The topological polar surface area (TPSA) is 54.5 Å². The number of amides is 1.